The van der Waals surface area contributed by atoms with E-state index in [-0.39, 0.29) is 57.6 Å². The molecular formula is C29H44FN5O13S. The molecule has 20 heteroatoms. The van der Waals surface area contributed by atoms with Crippen LogP contribution in [0.3, 0.4) is 0 Å². The van der Waals surface area contributed by atoms with E-state index in [1.807, 2.05) is 13.8 Å². The molecule has 0 fully saturated rings. The van der Waals surface area contributed by atoms with Crippen molar-refractivity contribution in [1.82, 2.24) is 20.7 Å². The predicted molar refractivity (Wildman–Crippen MR) is 168 cm³/mol. The molecule has 18 nitrogen and oxygen atoms in total. The number of aliphatic hydroxyl groups excluding tert-OH is 2. The minimum atomic E-state index is -3.71. The van der Waals surface area contributed by atoms with Crippen LogP contribution in [0.4, 0.5) is 10.3 Å². The highest BCUT2D eigenvalue weighted by atomic mass is 32.2. The fourth-order valence-electron chi connectivity index (χ4n) is 4.22. The first-order valence-electron chi connectivity index (χ1n) is 15.0. The van der Waals surface area contributed by atoms with Crippen molar-refractivity contribution in [3.63, 3.8) is 0 Å². The lowest BCUT2D eigenvalue weighted by molar-refractivity contribution is -0.511. The standard InChI is InChI=1S/C29H44FN5O13S/c1-19(2)27-25(28(20-6-8-21(30)9-7-20)32-29(31-27)33(3)49(4,43)44)11-10-22(36)16-23(37)17-26(38)46-14-5-13-45-18-24(48-35(41)42)12-15-47-34(39)40/h6-11,19,22-24,36-37,39-42H,5,12-18H2,1-4H3/b11-10+. The Balaban J connectivity index is 1.98. The molecule has 0 aliphatic heterocycles. The molecular weight excluding hydrogens is 677 g/mol. The zero-order valence-corrected chi connectivity index (χ0v) is 28.3. The number of halogens is 1. The Hall–Kier alpha value is -3.25. The number of aromatic nitrogens is 2. The van der Waals surface area contributed by atoms with Crippen molar-refractivity contribution in [3.05, 3.63) is 47.4 Å². The van der Waals surface area contributed by atoms with Crippen LogP contribution in [0.5, 0.6) is 0 Å². The van der Waals surface area contributed by atoms with E-state index in [4.69, 9.17) is 30.3 Å². The van der Waals surface area contributed by atoms with Gasteiger partial charge in [-0.2, -0.15) is 0 Å². The van der Waals surface area contributed by atoms with Crippen molar-refractivity contribution in [2.45, 2.75) is 63.8 Å². The summed E-state index contributed by atoms with van der Waals surface area (Å²) in [5, 5.41) is 54.7. The molecule has 0 radical (unpaired) electrons. The van der Waals surface area contributed by atoms with Crippen LogP contribution < -0.4 is 4.31 Å². The number of sulfonamides is 1. The van der Waals surface area contributed by atoms with Gasteiger partial charge < -0.3 is 19.7 Å². The van der Waals surface area contributed by atoms with E-state index in [0.717, 1.165) is 10.6 Å². The smallest absolute Gasteiger partial charge is 0.308 e. The molecule has 276 valence electrons. The Labute approximate surface area is 282 Å². The molecule has 0 spiro atoms. The molecule has 0 saturated heterocycles. The Kier molecular flexibility index (Phi) is 17.5. The average molecular weight is 722 g/mol. The van der Waals surface area contributed by atoms with Gasteiger partial charge in [0.1, 0.15) is 11.9 Å². The number of benzene rings is 1. The maximum absolute atomic E-state index is 13.7. The van der Waals surface area contributed by atoms with Crippen molar-refractivity contribution in [2.75, 3.05) is 44.0 Å². The van der Waals surface area contributed by atoms with E-state index >= 15 is 0 Å². The minimum Gasteiger partial charge on any atom is -0.466 e. The second-order valence-corrected chi connectivity index (χ2v) is 13.1. The SMILES string of the molecule is CC(C)c1nc(N(C)S(C)(=O)=O)nc(-c2ccc(F)cc2)c1/C=C/C(O)CC(O)CC(=O)OCCCOCC(CCON(O)O)ON(O)O. The molecule has 0 aliphatic carbocycles. The summed E-state index contributed by atoms with van der Waals surface area (Å²) < 4.78 is 49.5. The molecule has 0 aliphatic rings. The van der Waals surface area contributed by atoms with Crippen molar-refractivity contribution in [2.24, 2.45) is 0 Å². The molecule has 2 aromatic rings. The van der Waals surface area contributed by atoms with Crippen LogP contribution in [-0.2, 0) is 34.0 Å². The first kappa shape index (κ1) is 41.9. The number of rotatable bonds is 22. The Morgan fingerprint density at radius 1 is 1.02 bits per heavy atom. The van der Waals surface area contributed by atoms with Crippen LogP contribution in [0.2, 0.25) is 0 Å². The van der Waals surface area contributed by atoms with Gasteiger partial charge in [0.05, 0.1) is 66.9 Å². The second-order valence-electron chi connectivity index (χ2n) is 11.1. The van der Waals surface area contributed by atoms with Crippen LogP contribution in [0.25, 0.3) is 17.3 Å². The maximum Gasteiger partial charge on any atom is 0.308 e. The minimum absolute atomic E-state index is 0.0134. The van der Waals surface area contributed by atoms with Gasteiger partial charge in [-0.15, -0.1) is 0 Å². The van der Waals surface area contributed by atoms with Gasteiger partial charge in [0.15, 0.2) is 0 Å². The third-order valence-electron chi connectivity index (χ3n) is 6.70. The van der Waals surface area contributed by atoms with Crippen LogP contribution in [-0.4, -0.2) is 124 Å². The first-order chi connectivity index (χ1) is 23.0. The van der Waals surface area contributed by atoms with E-state index < -0.39 is 57.3 Å². The average Bonchev–Trinajstić information content (AvgIpc) is 3.00. The summed E-state index contributed by atoms with van der Waals surface area (Å²) in [7, 11) is -2.40. The van der Waals surface area contributed by atoms with Crippen molar-refractivity contribution >= 4 is 28.0 Å². The highest BCUT2D eigenvalue weighted by Gasteiger charge is 2.23. The number of ether oxygens (including phenoxy) is 2. The third-order valence-corrected chi connectivity index (χ3v) is 7.86. The summed E-state index contributed by atoms with van der Waals surface area (Å²) in [6, 6.07) is 5.43. The van der Waals surface area contributed by atoms with Gasteiger partial charge in [0, 0.05) is 44.0 Å². The van der Waals surface area contributed by atoms with Gasteiger partial charge >= 0.3 is 5.97 Å². The fourth-order valence-corrected chi connectivity index (χ4v) is 4.60. The molecule has 1 heterocycles. The zero-order valence-electron chi connectivity index (χ0n) is 27.5. The van der Waals surface area contributed by atoms with Crippen molar-refractivity contribution < 1.29 is 67.8 Å². The number of anilines is 1. The number of hydrogen-bond acceptors (Lipinski definition) is 17. The lowest BCUT2D eigenvalue weighted by Crippen LogP contribution is -2.30. The monoisotopic (exact) mass is 721 g/mol. The summed E-state index contributed by atoms with van der Waals surface area (Å²) in [5.74, 6) is -1.52. The predicted octanol–water partition coefficient (Wildman–Crippen LogP) is 2.05. The number of nitrogens with zero attached hydrogens (tertiary/aromatic N) is 5. The molecule has 3 atom stereocenters. The summed E-state index contributed by atoms with van der Waals surface area (Å²) >= 11 is 0. The molecule has 0 bridgehead atoms. The Morgan fingerprint density at radius 2 is 1.69 bits per heavy atom. The number of esters is 1. The second kappa shape index (κ2) is 20.4. The van der Waals surface area contributed by atoms with Gasteiger partial charge in [0.2, 0.25) is 16.0 Å². The number of hydrogen-bond donors (Lipinski definition) is 6. The van der Waals surface area contributed by atoms with E-state index in [1.165, 1.54) is 43.5 Å². The van der Waals surface area contributed by atoms with E-state index in [9.17, 15) is 27.8 Å². The molecule has 2 rings (SSSR count). The number of aliphatic hydroxyl groups is 2. The van der Waals surface area contributed by atoms with Gasteiger partial charge in [-0.05, 0) is 30.2 Å². The van der Waals surface area contributed by atoms with Gasteiger partial charge in [-0.3, -0.25) is 30.5 Å². The van der Waals surface area contributed by atoms with Crippen LogP contribution in [0, 0.1) is 5.82 Å². The molecule has 3 unspecified atom stereocenters. The van der Waals surface area contributed by atoms with Crippen LogP contribution >= 0.6 is 0 Å². The third kappa shape index (κ3) is 15.5. The number of carbonyl (C=O) groups is 1. The largest absolute Gasteiger partial charge is 0.466 e. The fraction of sp³-hybridized carbons (Fsp3) is 0.552. The van der Waals surface area contributed by atoms with E-state index in [2.05, 4.69) is 19.6 Å². The zero-order chi connectivity index (χ0) is 36.7. The van der Waals surface area contributed by atoms with E-state index in [1.54, 1.807) is 0 Å². The Bertz CT molecular complexity index is 1450. The highest BCUT2D eigenvalue weighted by Crippen LogP contribution is 2.31. The van der Waals surface area contributed by atoms with Crippen LogP contribution in [0.15, 0.2) is 30.3 Å². The first-order valence-corrected chi connectivity index (χ1v) is 16.9. The van der Waals surface area contributed by atoms with Gasteiger partial charge in [-0.25, -0.2) is 31.9 Å². The number of carbonyl (C=O) groups excluding carboxylic acids is 1. The molecule has 49 heavy (non-hydrogen) atoms. The topological polar surface area (TPSA) is 245 Å². The van der Waals surface area contributed by atoms with Crippen molar-refractivity contribution in [1.29, 1.82) is 0 Å². The normalized spacial score (nSPS) is 14.2. The lowest BCUT2D eigenvalue weighted by atomic mass is 9.97. The van der Waals surface area contributed by atoms with Crippen molar-refractivity contribution in [3.8, 4) is 11.3 Å². The summed E-state index contributed by atoms with van der Waals surface area (Å²) in [6.45, 7) is 3.30. The lowest BCUT2D eigenvalue weighted by Gasteiger charge is -2.20. The maximum atomic E-state index is 13.7. The highest BCUT2D eigenvalue weighted by molar-refractivity contribution is 7.92. The molecule has 6 N–H and O–H groups in total. The molecule has 0 saturated carbocycles. The van der Waals surface area contributed by atoms with Gasteiger partial charge in [0.25, 0.3) is 0 Å². The quantitative estimate of drug-likeness (QED) is 0.0579. The summed E-state index contributed by atoms with van der Waals surface area (Å²) in [5.41, 5.74) is 1.66. The van der Waals surface area contributed by atoms with E-state index in [0.29, 0.717) is 22.5 Å². The van der Waals surface area contributed by atoms with Gasteiger partial charge in [-0.1, -0.05) is 26.0 Å². The molecule has 1 aromatic heterocycles. The molecule has 1 aromatic carbocycles. The summed E-state index contributed by atoms with van der Waals surface area (Å²) in [6.07, 6.45) is 0.105. The van der Waals surface area contributed by atoms with Crippen LogP contribution in [0.1, 0.15) is 56.7 Å². The molecule has 0 amide bonds. The Morgan fingerprint density at radius 3 is 2.29 bits per heavy atom. The summed E-state index contributed by atoms with van der Waals surface area (Å²) in [4.78, 5) is 30.1.